The van der Waals surface area contributed by atoms with Gasteiger partial charge in [0, 0.05) is 10.9 Å². The molecule has 16 heavy (non-hydrogen) atoms. The molecule has 0 amide bonds. The van der Waals surface area contributed by atoms with Gasteiger partial charge in [-0.1, -0.05) is 61.4 Å². The van der Waals surface area contributed by atoms with Crippen LogP contribution in [0.4, 0.5) is 5.69 Å². The standard InChI is InChI=1S/C13H17NS2/c15-13(14-11-7-3-1-4-8-11)16-12-9-5-2-6-10-12/h1,3-4,7-8,12H,2,5-6,9-10H2,(H,14,15). The third-order valence-corrected chi connectivity index (χ3v) is 4.36. The van der Waals surface area contributed by atoms with Gasteiger partial charge in [-0.2, -0.15) is 0 Å². The molecule has 0 bridgehead atoms. The number of hydrogen-bond donors (Lipinski definition) is 1. The fraction of sp³-hybridized carbons (Fsp3) is 0.462. The summed E-state index contributed by atoms with van der Waals surface area (Å²) in [6.07, 6.45) is 6.77. The van der Waals surface area contributed by atoms with E-state index in [-0.39, 0.29) is 0 Å². The average molecular weight is 251 g/mol. The Hall–Kier alpha value is -0.540. The lowest BCUT2D eigenvalue weighted by atomic mass is 10.0. The summed E-state index contributed by atoms with van der Waals surface area (Å²) >= 11 is 7.20. The van der Waals surface area contributed by atoms with E-state index in [9.17, 15) is 0 Å². The number of thioether (sulfide) groups is 1. The number of benzene rings is 1. The van der Waals surface area contributed by atoms with E-state index in [1.165, 1.54) is 32.1 Å². The minimum absolute atomic E-state index is 0.734. The largest absolute Gasteiger partial charge is 0.341 e. The summed E-state index contributed by atoms with van der Waals surface area (Å²) in [4.78, 5) is 0. The zero-order valence-electron chi connectivity index (χ0n) is 9.32. The Kier molecular flexibility index (Phi) is 4.67. The maximum Gasteiger partial charge on any atom is 0.138 e. The smallest absolute Gasteiger partial charge is 0.138 e. The van der Waals surface area contributed by atoms with Crippen molar-refractivity contribution < 1.29 is 0 Å². The van der Waals surface area contributed by atoms with Crippen LogP contribution in [0.25, 0.3) is 0 Å². The number of nitrogens with one attached hydrogen (secondary N) is 1. The van der Waals surface area contributed by atoms with Gasteiger partial charge in [-0.3, -0.25) is 0 Å². The highest BCUT2D eigenvalue weighted by Gasteiger charge is 2.15. The van der Waals surface area contributed by atoms with Crippen molar-refractivity contribution in [1.82, 2.24) is 0 Å². The van der Waals surface area contributed by atoms with Crippen molar-refractivity contribution in [1.29, 1.82) is 0 Å². The van der Waals surface area contributed by atoms with Crippen molar-refractivity contribution in [2.24, 2.45) is 0 Å². The number of para-hydroxylation sites is 1. The van der Waals surface area contributed by atoms with E-state index in [4.69, 9.17) is 12.2 Å². The van der Waals surface area contributed by atoms with Crippen LogP contribution >= 0.6 is 24.0 Å². The van der Waals surface area contributed by atoms with Crippen LogP contribution in [0.15, 0.2) is 30.3 Å². The molecule has 1 saturated carbocycles. The Balaban J connectivity index is 1.80. The predicted molar refractivity (Wildman–Crippen MR) is 77.1 cm³/mol. The van der Waals surface area contributed by atoms with E-state index >= 15 is 0 Å². The minimum atomic E-state index is 0.734. The second kappa shape index (κ2) is 6.26. The van der Waals surface area contributed by atoms with Crippen LogP contribution in [0.3, 0.4) is 0 Å². The van der Waals surface area contributed by atoms with Crippen LogP contribution in [-0.2, 0) is 0 Å². The van der Waals surface area contributed by atoms with E-state index in [1.54, 1.807) is 0 Å². The lowest BCUT2D eigenvalue weighted by molar-refractivity contribution is 0.517. The van der Waals surface area contributed by atoms with Gasteiger partial charge in [0.05, 0.1) is 0 Å². The van der Waals surface area contributed by atoms with Gasteiger partial charge in [0.1, 0.15) is 4.32 Å². The molecule has 1 aliphatic carbocycles. The zero-order valence-corrected chi connectivity index (χ0v) is 10.9. The van der Waals surface area contributed by atoms with E-state index in [2.05, 4.69) is 5.32 Å². The summed E-state index contributed by atoms with van der Waals surface area (Å²) in [6.45, 7) is 0. The van der Waals surface area contributed by atoms with Gasteiger partial charge in [-0.05, 0) is 25.0 Å². The summed E-state index contributed by atoms with van der Waals surface area (Å²) in [6, 6.07) is 10.2. The van der Waals surface area contributed by atoms with Gasteiger partial charge < -0.3 is 5.32 Å². The summed E-state index contributed by atoms with van der Waals surface area (Å²) in [7, 11) is 0. The molecule has 0 radical (unpaired) electrons. The average Bonchev–Trinajstić information content (AvgIpc) is 2.31. The zero-order chi connectivity index (χ0) is 11.2. The topological polar surface area (TPSA) is 12.0 Å². The first-order valence-electron chi connectivity index (χ1n) is 5.87. The number of anilines is 1. The van der Waals surface area contributed by atoms with Crippen molar-refractivity contribution in [3.63, 3.8) is 0 Å². The number of rotatable bonds is 2. The number of hydrogen-bond acceptors (Lipinski definition) is 2. The minimum Gasteiger partial charge on any atom is -0.341 e. The van der Waals surface area contributed by atoms with E-state index in [1.807, 2.05) is 42.1 Å². The summed E-state index contributed by atoms with van der Waals surface area (Å²) in [5, 5.41) is 4.02. The normalized spacial score (nSPS) is 17.0. The molecule has 2 rings (SSSR count). The Labute approximate surface area is 107 Å². The van der Waals surface area contributed by atoms with Gasteiger partial charge in [-0.25, -0.2) is 0 Å². The molecule has 1 nitrogen and oxygen atoms in total. The van der Waals surface area contributed by atoms with Crippen LogP contribution in [0.5, 0.6) is 0 Å². The first-order valence-corrected chi connectivity index (χ1v) is 7.16. The molecule has 3 heteroatoms. The van der Waals surface area contributed by atoms with Crippen molar-refractivity contribution in [2.75, 3.05) is 5.32 Å². The van der Waals surface area contributed by atoms with Crippen LogP contribution in [0.2, 0.25) is 0 Å². The van der Waals surface area contributed by atoms with Gasteiger partial charge in [0.25, 0.3) is 0 Å². The lowest BCUT2D eigenvalue weighted by Gasteiger charge is -2.21. The van der Waals surface area contributed by atoms with Crippen molar-refractivity contribution in [3.05, 3.63) is 30.3 Å². The Bertz CT molecular complexity index is 331. The monoisotopic (exact) mass is 251 g/mol. The first kappa shape index (κ1) is 11.9. The van der Waals surface area contributed by atoms with Crippen LogP contribution in [-0.4, -0.2) is 9.57 Å². The van der Waals surface area contributed by atoms with Crippen LogP contribution in [0, 0.1) is 0 Å². The molecule has 0 atom stereocenters. The van der Waals surface area contributed by atoms with E-state index in [0.717, 1.165) is 15.3 Å². The molecule has 0 unspecified atom stereocenters. The van der Waals surface area contributed by atoms with Gasteiger partial charge in [0.2, 0.25) is 0 Å². The maximum atomic E-state index is 5.37. The van der Waals surface area contributed by atoms with Crippen LogP contribution < -0.4 is 5.32 Å². The molecule has 1 aromatic carbocycles. The van der Waals surface area contributed by atoms with Crippen LogP contribution in [0.1, 0.15) is 32.1 Å². The van der Waals surface area contributed by atoms with Gasteiger partial charge in [0.15, 0.2) is 0 Å². The fourth-order valence-electron chi connectivity index (χ4n) is 2.00. The molecular formula is C13H17NS2. The predicted octanol–water partition coefficient (Wildman–Crippen LogP) is 4.45. The third-order valence-electron chi connectivity index (χ3n) is 2.85. The summed E-state index contributed by atoms with van der Waals surface area (Å²) < 4.78 is 0.915. The lowest BCUT2D eigenvalue weighted by Crippen LogP contribution is -2.14. The van der Waals surface area contributed by atoms with Crippen molar-refractivity contribution in [3.8, 4) is 0 Å². The molecule has 1 aromatic rings. The number of thiocarbonyl (C=S) groups is 1. The highest BCUT2D eigenvalue weighted by Crippen LogP contribution is 2.29. The summed E-state index contributed by atoms with van der Waals surface area (Å²) in [5.74, 6) is 0. The third kappa shape index (κ3) is 3.80. The second-order valence-corrected chi connectivity index (χ2v) is 6.13. The Morgan fingerprint density at radius 1 is 1.12 bits per heavy atom. The molecule has 1 N–H and O–H groups in total. The molecule has 0 saturated heterocycles. The molecule has 0 spiro atoms. The first-order chi connectivity index (χ1) is 7.84. The molecule has 0 heterocycles. The second-order valence-electron chi connectivity index (χ2n) is 4.16. The molecule has 1 aliphatic rings. The Morgan fingerprint density at radius 3 is 2.50 bits per heavy atom. The van der Waals surface area contributed by atoms with Gasteiger partial charge >= 0.3 is 0 Å². The molecule has 0 aromatic heterocycles. The highest BCUT2D eigenvalue weighted by atomic mass is 32.2. The molecular weight excluding hydrogens is 234 g/mol. The Morgan fingerprint density at radius 2 is 1.81 bits per heavy atom. The molecule has 86 valence electrons. The highest BCUT2D eigenvalue weighted by molar-refractivity contribution is 8.23. The van der Waals surface area contributed by atoms with Gasteiger partial charge in [-0.15, -0.1) is 0 Å². The van der Waals surface area contributed by atoms with E-state index in [0.29, 0.717) is 0 Å². The molecule has 1 fully saturated rings. The van der Waals surface area contributed by atoms with E-state index < -0.39 is 0 Å². The maximum absolute atomic E-state index is 5.37. The summed E-state index contributed by atoms with van der Waals surface area (Å²) in [5.41, 5.74) is 1.09. The van der Waals surface area contributed by atoms with Crippen molar-refractivity contribution in [2.45, 2.75) is 37.4 Å². The SMILES string of the molecule is S=C(Nc1ccccc1)SC1CCCCC1. The quantitative estimate of drug-likeness (QED) is 0.780. The van der Waals surface area contributed by atoms with Crippen molar-refractivity contribution >= 4 is 34.0 Å². The fourth-order valence-corrected chi connectivity index (χ4v) is 3.58. The molecule has 0 aliphatic heterocycles.